The first-order valence-electron chi connectivity index (χ1n) is 8.04. The third-order valence-electron chi connectivity index (χ3n) is 4.09. The van der Waals surface area contributed by atoms with E-state index >= 15 is 0 Å². The highest BCUT2D eigenvalue weighted by Gasteiger charge is 2.40. The van der Waals surface area contributed by atoms with E-state index in [4.69, 9.17) is 0 Å². The standard InChI is InChI=1S/C19H17N3O4/c1-11(22-18(25)13-7-3-4-8-14(13)19(22)26)17(24)21-16-10-6-5-9-15(16)20-12(2)23/h3-11H,1-2H3,(H,20,23)(H,21,24). The van der Waals surface area contributed by atoms with Gasteiger partial charge in [-0.25, -0.2) is 0 Å². The van der Waals surface area contributed by atoms with Crippen LogP contribution < -0.4 is 10.6 Å². The first-order valence-corrected chi connectivity index (χ1v) is 8.04. The average Bonchev–Trinajstić information content (AvgIpc) is 2.87. The fourth-order valence-electron chi connectivity index (χ4n) is 2.80. The molecule has 1 aliphatic heterocycles. The number of nitrogens with zero attached hydrogens (tertiary/aromatic N) is 1. The molecule has 0 saturated carbocycles. The molecular formula is C19H17N3O4. The molecule has 0 aromatic heterocycles. The maximum atomic E-state index is 12.6. The quantitative estimate of drug-likeness (QED) is 0.826. The summed E-state index contributed by atoms with van der Waals surface area (Å²) in [6.07, 6.45) is 0. The van der Waals surface area contributed by atoms with E-state index in [1.807, 2.05) is 0 Å². The number of fused-ring (bicyclic) bond motifs is 1. The molecule has 4 amide bonds. The Morgan fingerprint density at radius 2 is 1.31 bits per heavy atom. The van der Waals surface area contributed by atoms with Gasteiger partial charge >= 0.3 is 0 Å². The minimum Gasteiger partial charge on any atom is -0.325 e. The Labute approximate surface area is 150 Å². The van der Waals surface area contributed by atoms with E-state index in [9.17, 15) is 19.2 Å². The molecule has 2 aromatic rings. The number of nitrogens with one attached hydrogen (secondary N) is 2. The molecule has 7 nitrogen and oxygen atoms in total. The molecule has 132 valence electrons. The molecule has 1 atom stereocenters. The van der Waals surface area contributed by atoms with Crippen LogP contribution in [-0.4, -0.2) is 34.6 Å². The van der Waals surface area contributed by atoms with Crippen LogP contribution in [-0.2, 0) is 9.59 Å². The lowest BCUT2D eigenvalue weighted by molar-refractivity contribution is -0.119. The molecule has 7 heteroatoms. The fraction of sp³-hybridized carbons (Fsp3) is 0.158. The van der Waals surface area contributed by atoms with E-state index < -0.39 is 23.8 Å². The number of hydrogen-bond donors (Lipinski definition) is 2. The van der Waals surface area contributed by atoms with Crippen molar-refractivity contribution in [2.45, 2.75) is 19.9 Å². The van der Waals surface area contributed by atoms with Crippen molar-refractivity contribution in [1.29, 1.82) is 0 Å². The maximum absolute atomic E-state index is 12.6. The smallest absolute Gasteiger partial charge is 0.262 e. The van der Waals surface area contributed by atoms with Crippen LogP contribution in [0.3, 0.4) is 0 Å². The minimum atomic E-state index is -1.01. The normalized spacial score (nSPS) is 14.0. The SMILES string of the molecule is CC(=O)Nc1ccccc1NC(=O)C(C)N1C(=O)c2ccccc2C1=O. The molecule has 0 fully saturated rings. The van der Waals surface area contributed by atoms with Crippen LogP contribution in [0, 0.1) is 0 Å². The lowest BCUT2D eigenvalue weighted by Gasteiger charge is -2.22. The van der Waals surface area contributed by atoms with Crippen LogP contribution in [0.25, 0.3) is 0 Å². The van der Waals surface area contributed by atoms with E-state index in [2.05, 4.69) is 10.6 Å². The van der Waals surface area contributed by atoms with Gasteiger partial charge in [-0.2, -0.15) is 0 Å². The monoisotopic (exact) mass is 351 g/mol. The largest absolute Gasteiger partial charge is 0.325 e. The maximum Gasteiger partial charge on any atom is 0.262 e. The van der Waals surface area contributed by atoms with Crippen LogP contribution in [0.2, 0.25) is 0 Å². The van der Waals surface area contributed by atoms with Gasteiger partial charge in [0.05, 0.1) is 22.5 Å². The van der Waals surface area contributed by atoms with Crippen molar-refractivity contribution in [3.8, 4) is 0 Å². The number of benzene rings is 2. The van der Waals surface area contributed by atoms with Crippen LogP contribution in [0.5, 0.6) is 0 Å². The molecular weight excluding hydrogens is 334 g/mol. The van der Waals surface area contributed by atoms with Crippen molar-refractivity contribution < 1.29 is 19.2 Å². The highest BCUT2D eigenvalue weighted by Crippen LogP contribution is 2.26. The molecule has 1 unspecified atom stereocenters. The summed E-state index contributed by atoms with van der Waals surface area (Å²) in [5.41, 5.74) is 1.39. The van der Waals surface area contributed by atoms with Crippen molar-refractivity contribution in [3.63, 3.8) is 0 Å². The Balaban J connectivity index is 1.81. The molecule has 3 rings (SSSR count). The zero-order valence-electron chi connectivity index (χ0n) is 14.3. The second kappa shape index (κ2) is 6.79. The summed E-state index contributed by atoms with van der Waals surface area (Å²) < 4.78 is 0. The molecule has 1 aliphatic rings. The van der Waals surface area contributed by atoms with Gasteiger partial charge in [0, 0.05) is 6.92 Å². The molecule has 0 aliphatic carbocycles. The van der Waals surface area contributed by atoms with E-state index in [1.165, 1.54) is 13.8 Å². The van der Waals surface area contributed by atoms with Crippen molar-refractivity contribution >= 4 is 35.0 Å². The molecule has 26 heavy (non-hydrogen) atoms. The van der Waals surface area contributed by atoms with Crippen LogP contribution in [0.4, 0.5) is 11.4 Å². The molecule has 0 bridgehead atoms. The van der Waals surface area contributed by atoms with E-state index in [0.717, 1.165) is 4.90 Å². The van der Waals surface area contributed by atoms with Gasteiger partial charge in [-0.15, -0.1) is 0 Å². The second-order valence-corrected chi connectivity index (χ2v) is 5.92. The predicted molar refractivity (Wildman–Crippen MR) is 95.8 cm³/mol. The summed E-state index contributed by atoms with van der Waals surface area (Å²) in [5, 5.41) is 5.28. The Morgan fingerprint density at radius 3 is 1.81 bits per heavy atom. The number of carbonyl (C=O) groups excluding carboxylic acids is 4. The topological polar surface area (TPSA) is 95.6 Å². The molecule has 1 heterocycles. The van der Waals surface area contributed by atoms with E-state index in [-0.39, 0.29) is 17.0 Å². The first kappa shape index (κ1) is 17.3. The van der Waals surface area contributed by atoms with Gasteiger partial charge in [0.15, 0.2) is 0 Å². The summed E-state index contributed by atoms with van der Waals surface area (Å²) in [6.45, 7) is 2.85. The fourth-order valence-corrected chi connectivity index (χ4v) is 2.80. The number of anilines is 2. The Hall–Kier alpha value is -3.48. The molecule has 0 spiro atoms. The third kappa shape index (κ3) is 3.06. The van der Waals surface area contributed by atoms with Crippen molar-refractivity contribution in [1.82, 2.24) is 4.90 Å². The van der Waals surface area contributed by atoms with Crippen LogP contribution >= 0.6 is 0 Å². The van der Waals surface area contributed by atoms with Crippen LogP contribution in [0.15, 0.2) is 48.5 Å². The molecule has 0 saturated heterocycles. The Kier molecular flexibility index (Phi) is 4.53. The summed E-state index contributed by atoms with van der Waals surface area (Å²) in [7, 11) is 0. The summed E-state index contributed by atoms with van der Waals surface area (Å²) >= 11 is 0. The Morgan fingerprint density at radius 1 is 0.846 bits per heavy atom. The zero-order valence-corrected chi connectivity index (χ0v) is 14.3. The van der Waals surface area contributed by atoms with Gasteiger partial charge < -0.3 is 10.6 Å². The van der Waals surface area contributed by atoms with E-state index in [1.54, 1.807) is 48.5 Å². The van der Waals surface area contributed by atoms with Gasteiger partial charge in [-0.05, 0) is 31.2 Å². The number of imide groups is 1. The van der Waals surface area contributed by atoms with Crippen molar-refractivity contribution in [2.75, 3.05) is 10.6 Å². The predicted octanol–water partition coefficient (Wildman–Crippen LogP) is 2.27. The summed E-state index contributed by atoms with van der Waals surface area (Å²) in [5.74, 6) is -1.80. The highest BCUT2D eigenvalue weighted by atomic mass is 16.2. The van der Waals surface area contributed by atoms with Gasteiger partial charge in [0.25, 0.3) is 11.8 Å². The molecule has 2 N–H and O–H groups in total. The Bertz CT molecular complexity index is 888. The third-order valence-corrected chi connectivity index (χ3v) is 4.09. The number of amides is 4. The van der Waals surface area contributed by atoms with Gasteiger partial charge in [0.1, 0.15) is 6.04 Å². The summed E-state index contributed by atoms with van der Waals surface area (Å²) in [4.78, 5) is 49.8. The van der Waals surface area contributed by atoms with Crippen molar-refractivity contribution in [2.24, 2.45) is 0 Å². The van der Waals surface area contributed by atoms with Gasteiger partial charge in [-0.3, -0.25) is 24.1 Å². The van der Waals surface area contributed by atoms with Gasteiger partial charge in [-0.1, -0.05) is 24.3 Å². The lowest BCUT2D eigenvalue weighted by Crippen LogP contribution is -2.45. The van der Waals surface area contributed by atoms with Crippen molar-refractivity contribution in [3.05, 3.63) is 59.7 Å². The van der Waals surface area contributed by atoms with E-state index in [0.29, 0.717) is 11.4 Å². The number of rotatable bonds is 4. The minimum absolute atomic E-state index is 0.278. The number of hydrogen-bond acceptors (Lipinski definition) is 4. The zero-order chi connectivity index (χ0) is 18.8. The molecule has 2 aromatic carbocycles. The second-order valence-electron chi connectivity index (χ2n) is 5.92. The van der Waals surface area contributed by atoms with Crippen LogP contribution in [0.1, 0.15) is 34.6 Å². The summed E-state index contributed by atoms with van der Waals surface area (Å²) in [6, 6.07) is 12.1. The molecule has 0 radical (unpaired) electrons. The lowest BCUT2D eigenvalue weighted by atomic mass is 10.1. The number of carbonyl (C=O) groups is 4. The van der Waals surface area contributed by atoms with Gasteiger partial charge in [0.2, 0.25) is 11.8 Å². The highest BCUT2D eigenvalue weighted by molar-refractivity contribution is 6.23. The first-order chi connectivity index (χ1) is 12.4. The average molecular weight is 351 g/mol. The number of para-hydroxylation sites is 2.